The fraction of sp³-hybridized carbons (Fsp3) is 0.800. The second-order valence-corrected chi connectivity index (χ2v) is 3.95. The van der Waals surface area contributed by atoms with Crippen LogP contribution in [0.2, 0.25) is 0 Å². The fourth-order valence-corrected chi connectivity index (χ4v) is 1.76. The van der Waals surface area contributed by atoms with E-state index in [1.165, 1.54) is 25.1 Å². The Bertz CT molecular complexity index is 149. The van der Waals surface area contributed by atoms with Crippen molar-refractivity contribution in [2.24, 2.45) is 5.92 Å². The number of nitrogens with zero attached hydrogens (tertiary/aromatic N) is 1. The molecular formula is C10H19N. The van der Waals surface area contributed by atoms with E-state index in [0.717, 1.165) is 5.92 Å². The van der Waals surface area contributed by atoms with Gasteiger partial charge in [0.15, 0.2) is 0 Å². The molecule has 0 radical (unpaired) electrons. The molecule has 0 bridgehead atoms. The lowest BCUT2D eigenvalue weighted by atomic mass is 9.96. The molecule has 1 nitrogen and oxygen atoms in total. The van der Waals surface area contributed by atoms with Gasteiger partial charge in [-0.05, 0) is 32.6 Å². The van der Waals surface area contributed by atoms with Gasteiger partial charge in [0, 0.05) is 18.3 Å². The first kappa shape index (κ1) is 8.63. The molecule has 0 spiro atoms. The van der Waals surface area contributed by atoms with Gasteiger partial charge in [-0.3, -0.25) is 0 Å². The molecule has 1 saturated heterocycles. The number of rotatable bonds is 1. The van der Waals surface area contributed by atoms with E-state index >= 15 is 0 Å². The average molecular weight is 153 g/mol. The van der Waals surface area contributed by atoms with Gasteiger partial charge in [0.2, 0.25) is 0 Å². The van der Waals surface area contributed by atoms with Crippen LogP contribution in [-0.4, -0.2) is 17.5 Å². The van der Waals surface area contributed by atoms with Crippen molar-refractivity contribution in [1.29, 1.82) is 0 Å². The van der Waals surface area contributed by atoms with Crippen LogP contribution in [0.25, 0.3) is 0 Å². The number of piperidine rings is 1. The average Bonchev–Trinajstić information content (AvgIpc) is 1.85. The van der Waals surface area contributed by atoms with E-state index in [2.05, 4.69) is 32.3 Å². The van der Waals surface area contributed by atoms with E-state index in [1.807, 2.05) is 0 Å². The van der Waals surface area contributed by atoms with E-state index in [-0.39, 0.29) is 0 Å². The first-order valence-electron chi connectivity index (χ1n) is 4.55. The Kier molecular flexibility index (Phi) is 2.58. The number of allylic oxidation sites excluding steroid dienone is 1. The molecule has 1 unspecified atom stereocenters. The SMILES string of the molecule is C=C1CC(C)CCN1C(C)C. The highest BCUT2D eigenvalue weighted by molar-refractivity contribution is 5.00. The molecule has 0 aromatic heterocycles. The topological polar surface area (TPSA) is 3.24 Å². The van der Waals surface area contributed by atoms with Crippen LogP contribution < -0.4 is 0 Å². The number of hydrogen-bond acceptors (Lipinski definition) is 1. The maximum atomic E-state index is 4.09. The zero-order valence-corrected chi connectivity index (χ0v) is 7.93. The van der Waals surface area contributed by atoms with Crippen molar-refractivity contribution in [2.75, 3.05) is 6.54 Å². The minimum Gasteiger partial charge on any atom is -0.373 e. The highest BCUT2D eigenvalue weighted by atomic mass is 15.2. The Labute approximate surface area is 70.1 Å². The van der Waals surface area contributed by atoms with Crippen molar-refractivity contribution in [3.8, 4) is 0 Å². The molecule has 0 aliphatic carbocycles. The Morgan fingerprint density at radius 1 is 1.55 bits per heavy atom. The molecule has 1 rings (SSSR count). The summed E-state index contributed by atoms with van der Waals surface area (Å²) in [5, 5.41) is 0. The predicted octanol–water partition coefficient (Wildman–Crippen LogP) is 2.64. The van der Waals surface area contributed by atoms with Gasteiger partial charge in [0.1, 0.15) is 0 Å². The van der Waals surface area contributed by atoms with Crippen LogP contribution in [0.15, 0.2) is 12.3 Å². The third-order valence-electron chi connectivity index (χ3n) is 2.48. The summed E-state index contributed by atoms with van der Waals surface area (Å²) in [6.07, 6.45) is 2.52. The van der Waals surface area contributed by atoms with E-state index in [4.69, 9.17) is 0 Å². The quantitative estimate of drug-likeness (QED) is 0.560. The first-order valence-corrected chi connectivity index (χ1v) is 4.55. The summed E-state index contributed by atoms with van der Waals surface area (Å²) in [6, 6.07) is 0.634. The highest BCUT2D eigenvalue weighted by Gasteiger charge is 2.19. The summed E-state index contributed by atoms with van der Waals surface area (Å²) in [6.45, 7) is 12.1. The molecule has 1 atom stereocenters. The molecule has 1 aliphatic heterocycles. The smallest absolute Gasteiger partial charge is 0.0230 e. The maximum absolute atomic E-state index is 4.09. The molecule has 64 valence electrons. The molecule has 0 amide bonds. The molecule has 0 aromatic carbocycles. The first-order chi connectivity index (χ1) is 5.11. The lowest BCUT2D eigenvalue weighted by Gasteiger charge is -2.37. The minimum absolute atomic E-state index is 0.634. The van der Waals surface area contributed by atoms with Crippen molar-refractivity contribution in [3.05, 3.63) is 12.3 Å². The second-order valence-electron chi connectivity index (χ2n) is 3.95. The third kappa shape index (κ3) is 1.98. The maximum Gasteiger partial charge on any atom is 0.0230 e. The van der Waals surface area contributed by atoms with Gasteiger partial charge in [-0.25, -0.2) is 0 Å². The summed E-state index contributed by atoms with van der Waals surface area (Å²) in [4.78, 5) is 2.42. The standard InChI is InChI=1S/C10H19N/c1-8(2)11-6-5-9(3)7-10(11)4/h8-9H,4-7H2,1-3H3. The molecule has 0 saturated carbocycles. The zero-order valence-electron chi connectivity index (χ0n) is 7.93. The highest BCUT2D eigenvalue weighted by Crippen LogP contribution is 2.25. The van der Waals surface area contributed by atoms with Crippen molar-refractivity contribution in [1.82, 2.24) is 4.90 Å². The lowest BCUT2D eigenvalue weighted by Crippen LogP contribution is -2.35. The van der Waals surface area contributed by atoms with Gasteiger partial charge < -0.3 is 4.90 Å². The van der Waals surface area contributed by atoms with Crippen molar-refractivity contribution in [3.63, 3.8) is 0 Å². The van der Waals surface area contributed by atoms with Crippen LogP contribution >= 0.6 is 0 Å². The van der Waals surface area contributed by atoms with Gasteiger partial charge >= 0.3 is 0 Å². The zero-order chi connectivity index (χ0) is 8.43. The van der Waals surface area contributed by atoms with Crippen molar-refractivity contribution < 1.29 is 0 Å². The van der Waals surface area contributed by atoms with Crippen LogP contribution in [0, 0.1) is 5.92 Å². The molecule has 0 N–H and O–H groups in total. The van der Waals surface area contributed by atoms with Crippen LogP contribution in [0.3, 0.4) is 0 Å². The molecule has 11 heavy (non-hydrogen) atoms. The fourth-order valence-electron chi connectivity index (χ4n) is 1.76. The van der Waals surface area contributed by atoms with Crippen LogP contribution in [-0.2, 0) is 0 Å². The molecule has 0 aromatic rings. The van der Waals surface area contributed by atoms with Crippen LogP contribution in [0.5, 0.6) is 0 Å². The normalized spacial score (nSPS) is 26.4. The summed E-state index contributed by atoms with van der Waals surface area (Å²) in [7, 11) is 0. The van der Waals surface area contributed by atoms with Gasteiger partial charge in [-0.2, -0.15) is 0 Å². The largest absolute Gasteiger partial charge is 0.373 e. The van der Waals surface area contributed by atoms with E-state index < -0.39 is 0 Å². The Morgan fingerprint density at radius 2 is 2.18 bits per heavy atom. The van der Waals surface area contributed by atoms with Gasteiger partial charge in [-0.15, -0.1) is 0 Å². The molecular weight excluding hydrogens is 134 g/mol. The second kappa shape index (κ2) is 3.29. The van der Waals surface area contributed by atoms with E-state index in [9.17, 15) is 0 Å². The third-order valence-corrected chi connectivity index (χ3v) is 2.48. The van der Waals surface area contributed by atoms with Crippen molar-refractivity contribution >= 4 is 0 Å². The molecule has 1 aliphatic rings. The van der Waals surface area contributed by atoms with Crippen LogP contribution in [0.1, 0.15) is 33.6 Å². The van der Waals surface area contributed by atoms with E-state index in [1.54, 1.807) is 0 Å². The Balaban J connectivity index is 2.51. The molecule has 1 fully saturated rings. The summed E-state index contributed by atoms with van der Waals surface area (Å²) < 4.78 is 0. The minimum atomic E-state index is 0.634. The van der Waals surface area contributed by atoms with Gasteiger partial charge in [0.05, 0.1) is 0 Å². The van der Waals surface area contributed by atoms with E-state index in [0.29, 0.717) is 6.04 Å². The summed E-state index contributed by atoms with van der Waals surface area (Å²) in [5.74, 6) is 0.845. The molecule has 1 heterocycles. The Hall–Kier alpha value is -0.460. The Morgan fingerprint density at radius 3 is 2.64 bits per heavy atom. The van der Waals surface area contributed by atoms with Gasteiger partial charge in [0.25, 0.3) is 0 Å². The lowest BCUT2D eigenvalue weighted by molar-refractivity contribution is 0.211. The monoisotopic (exact) mass is 153 g/mol. The predicted molar refractivity (Wildman–Crippen MR) is 49.4 cm³/mol. The molecule has 1 heteroatoms. The number of hydrogen-bond donors (Lipinski definition) is 0. The summed E-state index contributed by atoms with van der Waals surface area (Å²) >= 11 is 0. The van der Waals surface area contributed by atoms with Gasteiger partial charge in [-0.1, -0.05) is 13.5 Å². The number of likely N-dealkylation sites (tertiary alicyclic amines) is 1. The van der Waals surface area contributed by atoms with Crippen molar-refractivity contribution in [2.45, 2.75) is 39.7 Å². The summed E-state index contributed by atoms with van der Waals surface area (Å²) in [5.41, 5.74) is 1.33. The van der Waals surface area contributed by atoms with Crippen LogP contribution in [0.4, 0.5) is 0 Å².